The van der Waals surface area contributed by atoms with E-state index >= 15 is 0 Å². The van der Waals surface area contributed by atoms with Gasteiger partial charge in [0.2, 0.25) is 0 Å². The highest BCUT2D eigenvalue weighted by Gasteiger charge is 2.57. The van der Waals surface area contributed by atoms with Crippen molar-refractivity contribution in [2.45, 2.75) is 80.5 Å². The molecule has 0 aromatic rings. The maximum absolute atomic E-state index is 10.3. The Kier molecular flexibility index (Phi) is 6.77. The summed E-state index contributed by atoms with van der Waals surface area (Å²) in [6, 6.07) is 0.0629. The molecule has 12 unspecified atom stereocenters. The molecule has 168 valence electrons. The van der Waals surface area contributed by atoms with Gasteiger partial charge in [0.15, 0.2) is 12.5 Å². The molecule has 6 N–H and O–H groups in total. The lowest BCUT2D eigenvalue weighted by atomic mass is 9.70. The predicted molar refractivity (Wildman–Crippen MR) is 96.5 cm³/mol. The van der Waals surface area contributed by atoms with Crippen molar-refractivity contribution in [2.24, 2.45) is 11.8 Å². The SMILES string of the molecule is COC1C2CCOC2[NH2+]C2C1CCC(OC1OC(CO)C(O)C(O)C1O)C2OC. The fraction of sp³-hybridized carbons (Fsp3) is 1.00. The number of quaternary nitrogens is 1. The van der Waals surface area contributed by atoms with Crippen molar-refractivity contribution in [1.82, 2.24) is 0 Å². The van der Waals surface area contributed by atoms with Crippen LogP contribution in [-0.4, -0.2) is 109 Å². The Morgan fingerprint density at radius 3 is 2.38 bits per heavy atom. The molecule has 3 saturated heterocycles. The van der Waals surface area contributed by atoms with Crippen LogP contribution in [0.25, 0.3) is 0 Å². The van der Waals surface area contributed by atoms with Crippen LogP contribution in [0, 0.1) is 11.8 Å². The Morgan fingerprint density at radius 2 is 1.69 bits per heavy atom. The van der Waals surface area contributed by atoms with E-state index < -0.39 is 37.3 Å². The van der Waals surface area contributed by atoms with Gasteiger partial charge >= 0.3 is 0 Å². The van der Waals surface area contributed by atoms with E-state index in [0.717, 1.165) is 19.4 Å². The number of aliphatic hydroxyl groups is 4. The lowest BCUT2D eigenvalue weighted by molar-refractivity contribution is -0.783. The van der Waals surface area contributed by atoms with Gasteiger partial charge in [-0.1, -0.05) is 0 Å². The molecule has 3 aliphatic heterocycles. The van der Waals surface area contributed by atoms with Crippen molar-refractivity contribution >= 4 is 0 Å². The van der Waals surface area contributed by atoms with Gasteiger partial charge in [-0.2, -0.15) is 0 Å². The zero-order valence-corrected chi connectivity index (χ0v) is 16.9. The minimum absolute atomic E-state index is 0.0323. The van der Waals surface area contributed by atoms with Gasteiger partial charge in [0.1, 0.15) is 36.6 Å². The van der Waals surface area contributed by atoms with Gasteiger partial charge in [0.25, 0.3) is 0 Å². The van der Waals surface area contributed by atoms with Gasteiger partial charge in [-0.15, -0.1) is 0 Å². The monoisotopic (exact) mass is 420 g/mol. The van der Waals surface area contributed by atoms with Crippen molar-refractivity contribution in [2.75, 3.05) is 27.4 Å². The molecule has 10 nitrogen and oxygen atoms in total. The van der Waals surface area contributed by atoms with Crippen LogP contribution in [0.15, 0.2) is 0 Å². The van der Waals surface area contributed by atoms with Crippen LogP contribution in [0.5, 0.6) is 0 Å². The van der Waals surface area contributed by atoms with Crippen molar-refractivity contribution < 1.29 is 49.4 Å². The second kappa shape index (κ2) is 8.99. The third-order valence-electron chi connectivity index (χ3n) is 7.17. The molecule has 4 rings (SSSR count). The molecule has 0 spiro atoms. The minimum Gasteiger partial charge on any atom is -0.394 e. The molecule has 1 saturated carbocycles. The molecule has 0 radical (unpaired) electrons. The molecule has 0 aromatic carbocycles. The average molecular weight is 420 g/mol. The van der Waals surface area contributed by atoms with E-state index in [1.165, 1.54) is 0 Å². The third-order valence-corrected chi connectivity index (χ3v) is 7.17. The fourth-order valence-electron chi connectivity index (χ4n) is 5.71. The third kappa shape index (κ3) is 3.84. The Bertz CT molecular complexity index is 552. The predicted octanol–water partition coefficient (Wildman–Crippen LogP) is -3.08. The Hall–Kier alpha value is -0.400. The molecular formula is C19H34NO9+. The summed E-state index contributed by atoms with van der Waals surface area (Å²) in [5.41, 5.74) is 0. The van der Waals surface area contributed by atoms with E-state index in [-0.39, 0.29) is 30.6 Å². The van der Waals surface area contributed by atoms with E-state index in [4.69, 9.17) is 23.7 Å². The maximum atomic E-state index is 10.3. The summed E-state index contributed by atoms with van der Waals surface area (Å²) in [5.74, 6) is 0.657. The van der Waals surface area contributed by atoms with Gasteiger partial charge in [-0.3, -0.25) is 0 Å². The topological polar surface area (TPSA) is 144 Å². The highest BCUT2D eigenvalue weighted by Crippen LogP contribution is 2.40. The molecular weight excluding hydrogens is 386 g/mol. The quantitative estimate of drug-likeness (QED) is 0.313. The van der Waals surface area contributed by atoms with Crippen LogP contribution in [0.4, 0.5) is 0 Å². The zero-order valence-electron chi connectivity index (χ0n) is 16.9. The summed E-state index contributed by atoms with van der Waals surface area (Å²) < 4.78 is 29.2. The van der Waals surface area contributed by atoms with Gasteiger partial charge in [-0.05, 0) is 19.3 Å². The number of ether oxygens (including phenoxy) is 5. The van der Waals surface area contributed by atoms with Crippen molar-refractivity contribution in [3.05, 3.63) is 0 Å². The number of rotatable bonds is 5. The standard InChI is InChI=1S/C19H33NO9/c1-25-16-8-3-4-10(17(26-2)12(8)20-18-9(16)5-6-27-18)28-19-15(24)14(23)13(22)11(7-21)29-19/h8-24H,3-7H2,1-2H3/p+1. The second-order valence-electron chi connectivity index (χ2n) is 8.57. The molecule has 3 heterocycles. The van der Waals surface area contributed by atoms with Crippen molar-refractivity contribution in [3.63, 3.8) is 0 Å². The fourth-order valence-corrected chi connectivity index (χ4v) is 5.71. The Balaban J connectivity index is 1.48. The van der Waals surface area contributed by atoms with Gasteiger partial charge in [0, 0.05) is 20.1 Å². The molecule has 10 heteroatoms. The van der Waals surface area contributed by atoms with Crippen LogP contribution < -0.4 is 5.32 Å². The van der Waals surface area contributed by atoms with Crippen LogP contribution in [0.1, 0.15) is 19.3 Å². The molecule has 4 fully saturated rings. The number of methoxy groups -OCH3 is 2. The summed E-state index contributed by atoms with van der Waals surface area (Å²) in [6.07, 6.45) is -4.45. The van der Waals surface area contributed by atoms with Gasteiger partial charge < -0.3 is 49.4 Å². The molecule has 0 aromatic heterocycles. The van der Waals surface area contributed by atoms with Crippen LogP contribution in [0.3, 0.4) is 0 Å². The van der Waals surface area contributed by atoms with Gasteiger partial charge in [-0.25, -0.2) is 0 Å². The molecule has 4 aliphatic rings. The Morgan fingerprint density at radius 1 is 0.931 bits per heavy atom. The second-order valence-corrected chi connectivity index (χ2v) is 8.57. The van der Waals surface area contributed by atoms with Gasteiger partial charge in [0.05, 0.1) is 31.3 Å². The first-order chi connectivity index (χ1) is 14.0. The van der Waals surface area contributed by atoms with E-state index in [9.17, 15) is 20.4 Å². The van der Waals surface area contributed by atoms with E-state index in [1.54, 1.807) is 14.2 Å². The molecule has 0 bridgehead atoms. The first-order valence-electron chi connectivity index (χ1n) is 10.5. The van der Waals surface area contributed by atoms with E-state index in [1.807, 2.05) is 0 Å². The lowest BCUT2D eigenvalue weighted by Gasteiger charge is -2.49. The van der Waals surface area contributed by atoms with E-state index in [0.29, 0.717) is 18.3 Å². The minimum atomic E-state index is -1.46. The maximum Gasteiger partial charge on any atom is 0.195 e. The van der Waals surface area contributed by atoms with Crippen molar-refractivity contribution in [1.29, 1.82) is 0 Å². The van der Waals surface area contributed by atoms with Crippen LogP contribution in [0.2, 0.25) is 0 Å². The number of nitrogens with two attached hydrogens (primary N) is 1. The Labute approximate surface area is 170 Å². The highest BCUT2D eigenvalue weighted by atomic mass is 16.7. The molecule has 0 amide bonds. The molecule has 1 aliphatic carbocycles. The summed E-state index contributed by atoms with van der Waals surface area (Å²) in [7, 11) is 3.38. The zero-order chi connectivity index (χ0) is 20.7. The average Bonchev–Trinajstić information content (AvgIpc) is 3.20. The number of fused-ring (bicyclic) bond motifs is 2. The molecule has 29 heavy (non-hydrogen) atoms. The first-order valence-corrected chi connectivity index (χ1v) is 10.5. The highest BCUT2D eigenvalue weighted by molar-refractivity contribution is 4.99. The smallest absolute Gasteiger partial charge is 0.195 e. The van der Waals surface area contributed by atoms with E-state index in [2.05, 4.69) is 5.32 Å². The summed E-state index contributed by atoms with van der Waals surface area (Å²) in [5, 5.41) is 41.9. The summed E-state index contributed by atoms with van der Waals surface area (Å²) in [6.45, 7) is 0.241. The normalized spacial score (nSPS) is 52.8. The number of hydrogen-bond acceptors (Lipinski definition) is 9. The van der Waals surface area contributed by atoms with Crippen molar-refractivity contribution in [3.8, 4) is 0 Å². The molecule has 12 atom stereocenters. The number of hydrogen-bond donors (Lipinski definition) is 5. The van der Waals surface area contributed by atoms with Crippen LogP contribution in [-0.2, 0) is 23.7 Å². The summed E-state index contributed by atoms with van der Waals surface area (Å²) >= 11 is 0. The summed E-state index contributed by atoms with van der Waals surface area (Å²) in [4.78, 5) is 0. The number of aliphatic hydroxyl groups excluding tert-OH is 4. The number of piperidine rings is 1. The van der Waals surface area contributed by atoms with Crippen LogP contribution >= 0.6 is 0 Å². The lowest BCUT2D eigenvalue weighted by Crippen LogP contribution is -3.03. The largest absolute Gasteiger partial charge is 0.394 e. The first kappa shape index (κ1) is 21.8.